The van der Waals surface area contributed by atoms with Crippen molar-refractivity contribution in [1.82, 2.24) is 0 Å². The largest absolute Gasteiger partial charge is 0.505 e. The normalized spacial score (nSPS) is 29.7. The van der Waals surface area contributed by atoms with Crippen LogP contribution in [0.15, 0.2) is 52.5 Å². The van der Waals surface area contributed by atoms with Gasteiger partial charge in [0.1, 0.15) is 34.9 Å². The Kier molecular flexibility index (Phi) is 13.8. The van der Waals surface area contributed by atoms with Crippen LogP contribution in [0.2, 0.25) is 0 Å². The summed E-state index contributed by atoms with van der Waals surface area (Å²) in [7, 11) is 1.05. The van der Waals surface area contributed by atoms with Gasteiger partial charge >= 0.3 is 17.9 Å². The molecule has 58 heavy (non-hydrogen) atoms. The van der Waals surface area contributed by atoms with Crippen molar-refractivity contribution in [2.24, 2.45) is 23.7 Å². The van der Waals surface area contributed by atoms with Crippen molar-refractivity contribution in [2.75, 3.05) is 19.2 Å². The molecule has 4 aliphatic rings. The van der Waals surface area contributed by atoms with E-state index in [1.54, 1.807) is 13.0 Å². The number of aromatic hydroxyl groups is 1. The van der Waals surface area contributed by atoms with E-state index in [1.165, 1.54) is 66.7 Å². The number of aliphatic hydroxyl groups is 4. The zero-order chi connectivity index (χ0) is 43.7. The summed E-state index contributed by atoms with van der Waals surface area (Å²) in [5.74, 6) is -9.54. The summed E-state index contributed by atoms with van der Waals surface area (Å²) < 4.78 is 28.0. The number of phenols is 1. The molecule has 3 aliphatic heterocycles. The predicted octanol–water partition coefficient (Wildman–Crippen LogP) is 3.68. The maximum absolute atomic E-state index is 14.0. The molecular formula is C42H53NO15. The Bertz CT molecular complexity index is 2040. The first-order valence-electron chi connectivity index (χ1n) is 18.7. The number of rotatable bonds is 3. The van der Waals surface area contributed by atoms with Crippen LogP contribution in [-0.4, -0.2) is 99.1 Å². The molecule has 316 valence electrons. The van der Waals surface area contributed by atoms with Crippen molar-refractivity contribution in [1.29, 1.82) is 0 Å². The maximum atomic E-state index is 14.0. The lowest BCUT2D eigenvalue weighted by atomic mass is 9.75. The molecule has 16 nitrogen and oxygen atoms in total. The van der Waals surface area contributed by atoms with Crippen molar-refractivity contribution in [2.45, 2.75) is 99.3 Å². The number of amides is 1. The zero-order valence-electron chi connectivity index (χ0n) is 34.5. The molecule has 0 aromatic heterocycles. The minimum Gasteiger partial charge on any atom is -0.505 e. The van der Waals surface area contributed by atoms with Gasteiger partial charge in [0.2, 0.25) is 6.79 Å². The fraction of sp³-hybridized carbons (Fsp3) is 0.500. The Labute approximate surface area is 336 Å². The molecule has 0 unspecified atom stereocenters. The van der Waals surface area contributed by atoms with Crippen LogP contribution in [0.5, 0.6) is 11.5 Å². The average Bonchev–Trinajstić information content (AvgIpc) is 3.16. The Hall–Kier alpha value is -5.29. The number of aliphatic hydroxyl groups excluding tert-OH is 3. The number of hydrogen-bond donors (Lipinski definition) is 6. The van der Waals surface area contributed by atoms with E-state index in [4.69, 9.17) is 23.7 Å². The number of esters is 3. The monoisotopic (exact) mass is 811 g/mol. The van der Waals surface area contributed by atoms with Gasteiger partial charge in [-0.1, -0.05) is 39.0 Å². The van der Waals surface area contributed by atoms with Gasteiger partial charge in [-0.05, 0) is 46.3 Å². The minimum absolute atomic E-state index is 0.00899. The first-order chi connectivity index (χ1) is 27.0. The molecule has 3 heterocycles. The fourth-order valence-electron chi connectivity index (χ4n) is 7.67. The lowest BCUT2D eigenvalue weighted by molar-refractivity contribution is -0.171. The topological polar surface area (TPSA) is 245 Å². The van der Waals surface area contributed by atoms with E-state index in [1.807, 2.05) is 0 Å². The Morgan fingerprint density at radius 2 is 1.50 bits per heavy atom. The van der Waals surface area contributed by atoms with Crippen LogP contribution in [0, 0.1) is 30.6 Å². The van der Waals surface area contributed by atoms with Crippen LogP contribution < -0.4 is 10.1 Å². The smallest absolute Gasteiger partial charge is 0.313 e. The summed E-state index contributed by atoms with van der Waals surface area (Å²) in [6, 6.07) is 0. The zero-order valence-corrected chi connectivity index (χ0v) is 34.5. The number of anilines is 1. The van der Waals surface area contributed by atoms with Gasteiger partial charge in [-0.3, -0.25) is 24.0 Å². The van der Waals surface area contributed by atoms with E-state index in [0.717, 1.165) is 21.0 Å². The van der Waals surface area contributed by atoms with E-state index < -0.39 is 95.8 Å². The third-order valence-corrected chi connectivity index (χ3v) is 10.9. The summed E-state index contributed by atoms with van der Waals surface area (Å²) in [6.45, 7) is 13.5. The van der Waals surface area contributed by atoms with Crippen LogP contribution in [0.4, 0.5) is 5.69 Å². The summed E-state index contributed by atoms with van der Waals surface area (Å²) in [6.07, 6.45) is -0.755. The van der Waals surface area contributed by atoms with Crippen molar-refractivity contribution in [3.8, 4) is 11.5 Å². The number of carbonyl (C=O) groups is 5. The van der Waals surface area contributed by atoms with Crippen LogP contribution in [0.1, 0.15) is 83.8 Å². The first kappa shape index (κ1) is 45.4. The van der Waals surface area contributed by atoms with Crippen molar-refractivity contribution in [3.05, 3.63) is 69.2 Å². The van der Waals surface area contributed by atoms with Gasteiger partial charge in [0.05, 0.1) is 42.2 Å². The quantitative estimate of drug-likeness (QED) is 0.145. The van der Waals surface area contributed by atoms with Gasteiger partial charge in [-0.2, -0.15) is 0 Å². The van der Waals surface area contributed by atoms with Crippen molar-refractivity contribution < 1.29 is 73.2 Å². The Morgan fingerprint density at radius 3 is 2.09 bits per heavy atom. The molecule has 0 saturated heterocycles. The summed E-state index contributed by atoms with van der Waals surface area (Å²) in [4.78, 5) is 65.7. The third kappa shape index (κ3) is 8.74. The number of Topliss-reactive ketones (excluding diaryl/α,β-unsaturated/α-hetero) is 1. The van der Waals surface area contributed by atoms with Gasteiger partial charge in [0, 0.05) is 53.9 Å². The molecule has 1 aromatic rings. The van der Waals surface area contributed by atoms with Crippen molar-refractivity contribution >= 4 is 40.9 Å². The third-order valence-electron chi connectivity index (χ3n) is 10.9. The molecule has 5 rings (SSSR count). The van der Waals surface area contributed by atoms with Gasteiger partial charge in [0.25, 0.3) is 5.91 Å². The van der Waals surface area contributed by atoms with E-state index in [-0.39, 0.29) is 61.9 Å². The highest BCUT2D eigenvalue weighted by Gasteiger charge is 2.48. The summed E-state index contributed by atoms with van der Waals surface area (Å²) >= 11 is 0. The standard InChI is InChI=1S/C42H53NO15/c1-17-13-12-14-18(2)40(51)43-30-20(4)38(58-25(9)45)26-27(34(30)49)31(46)22(6)37-28(26)36(55-16-56-37)19(3)15-42(10,53)39(50)23(7)33(48)29(41(52)54-11)32(47)21(5)35(17)57-24(8)44/h12-15,17,21,23,29,32-33,35,39,47-50,53H,16H2,1-11H3,(H,43,51)/t17-,21+,23+,29-,32-,33+,35-,39-,42+/m1/s1. The molecule has 0 fully saturated rings. The number of methoxy groups -OCH3 is 1. The number of allylic oxidation sites excluding steroid dienone is 5. The molecular weight excluding hydrogens is 758 g/mol. The van der Waals surface area contributed by atoms with E-state index >= 15 is 0 Å². The molecule has 4 bridgehead atoms. The second kappa shape index (κ2) is 17.7. The van der Waals surface area contributed by atoms with Crippen LogP contribution in [0.25, 0.3) is 5.57 Å². The highest BCUT2D eigenvalue weighted by Crippen LogP contribution is 2.53. The van der Waals surface area contributed by atoms with Crippen molar-refractivity contribution in [3.63, 3.8) is 0 Å². The van der Waals surface area contributed by atoms with E-state index in [2.05, 4.69) is 5.32 Å². The molecule has 0 radical (unpaired) electrons. The second-order valence-electron chi connectivity index (χ2n) is 15.3. The van der Waals surface area contributed by atoms with Gasteiger partial charge < -0.3 is 54.5 Å². The second-order valence-corrected chi connectivity index (χ2v) is 15.3. The number of nitrogens with one attached hydrogen (secondary N) is 1. The fourth-order valence-corrected chi connectivity index (χ4v) is 7.67. The van der Waals surface area contributed by atoms with Gasteiger partial charge in [-0.25, -0.2) is 0 Å². The highest BCUT2D eigenvalue weighted by molar-refractivity contribution is 6.21. The molecule has 1 aromatic carbocycles. The number of hydrogen-bond acceptors (Lipinski definition) is 15. The van der Waals surface area contributed by atoms with Crippen LogP contribution >= 0.6 is 0 Å². The molecule has 1 aliphatic carbocycles. The number of benzene rings is 1. The van der Waals surface area contributed by atoms with E-state index in [9.17, 15) is 49.5 Å². The van der Waals surface area contributed by atoms with Gasteiger partial charge in [-0.15, -0.1) is 0 Å². The number of ether oxygens (including phenoxy) is 5. The molecule has 0 spiro atoms. The molecule has 1 amide bonds. The molecule has 16 heteroatoms. The Morgan fingerprint density at radius 1 is 0.897 bits per heavy atom. The maximum Gasteiger partial charge on any atom is 0.313 e. The number of ketones is 1. The van der Waals surface area contributed by atoms with Gasteiger partial charge in [0.15, 0.2) is 11.5 Å². The lowest BCUT2D eigenvalue weighted by Crippen LogP contribution is -2.53. The predicted molar refractivity (Wildman–Crippen MR) is 208 cm³/mol. The lowest BCUT2D eigenvalue weighted by Gasteiger charge is -2.39. The first-order valence-corrected chi connectivity index (χ1v) is 18.7. The number of fused-ring (bicyclic) bond motifs is 14. The van der Waals surface area contributed by atoms with E-state index in [0.29, 0.717) is 0 Å². The van der Waals surface area contributed by atoms with Crippen LogP contribution in [-0.2, 0) is 38.1 Å². The highest BCUT2D eigenvalue weighted by atomic mass is 16.7. The SMILES string of the molecule is COC(=O)[C@@H]1[C@H](O)[C@H](C)[C@H](OC(C)=O)[C@H](C)C=CC=C(C)C(=O)Nc2c(C)c(OC(C)=O)c3c(c2O)C(=O)C(C)=C2OCOC(=C23)C(C)=C[C@](C)(O)[C@H](O)[C@@H](C)[C@@H]1O. The minimum atomic E-state index is -2.20. The summed E-state index contributed by atoms with van der Waals surface area (Å²) in [5, 5.41) is 61.2. The molecule has 6 N–H and O–H groups in total. The molecule has 0 saturated carbocycles. The number of carbonyl (C=O) groups excluding carboxylic acids is 5. The summed E-state index contributed by atoms with van der Waals surface area (Å²) in [5.41, 5.74) is -2.47. The van der Waals surface area contributed by atoms with Crippen LogP contribution in [0.3, 0.4) is 0 Å². The number of phenolic OH excluding ortho intramolecular Hbond substituents is 1. The Balaban J connectivity index is 2.08. The molecule has 9 atom stereocenters. The average molecular weight is 812 g/mol.